The minimum atomic E-state index is -5.18. The van der Waals surface area contributed by atoms with Crippen LogP contribution in [0.1, 0.15) is 73.9 Å². The van der Waals surface area contributed by atoms with Crippen molar-refractivity contribution in [2.45, 2.75) is 82.7 Å². The van der Waals surface area contributed by atoms with Gasteiger partial charge in [0.25, 0.3) is 0 Å². The highest BCUT2D eigenvalue weighted by molar-refractivity contribution is 5.92. The number of nitrogens with one attached hydrogen (secondary N) is 1. The highest BCUT2D eigenvalue weighted by Gasteiger charge is 2.51. The second-order valence-corrected chi connectivity index (χ2v) is 11.4. The molecule has 1 amide bonds. The zero-order valence-electron chi connectivity index (χ0n) is 26.6. The molecule has 272 valence electrons. The van der Waals surface area contributed by atoms with E-state index in [4.69, 9.17) is 9.47 Å². The molecule has 50 heavy (non-hydrogen) atoms. The molecule has 0 saturated heterocycles. The Kier molecular flexibility index (Phi) is 10.8. The molecule has 0 saturated carbocycles. The van der Waals surface area contributed by atoms with E-state index < -0.39 is 88.9 Å². The van der Waals surface area contributed by atoms with Gasteiger partial charge in [-0.1, -0.05) is 19.9 Å². The number of carbonyl (C=O) groups is 2. The second-order valence-electron chi connectivity index (χ2n) is 11.4. The molecule has 0 radical (unpaired) electrons. The first kappa shape index (κ1) is 38.0. The van der Waals surface area contributed by atoms with E-state index in [0.717, 1.165) is 29.4 Å². The van der Waals surface area contributed by atoms with Crippen molar-refractivity contribution >= 4 is 23.7 Å². The lowest BCUT2D eigenvalue weighted by molar-refractivity contribution is -0.145. The summed E-state index contributed by atoms with van der Waals surface area (Å²) in [5.74, 6) is -1.62. The molecule has 0 spiro atoms. The summed E-state index contributed by atoms with van der Waals surface area (Å²) in [4.78, 5) is 33.8. The van der Waals surface area contributed by atoms with E-state index in [0.29, 0.717) is 12.1 Å². The Hall–Kier alpha value is -4.77. The summed E-state index contributed by atoms with van der Waals surface area (Å²) >= 11 is 0. The number of nitrogens with zero attached hydrogens (tertiary/aromatic N) is 3. The van der Waals surface area contributed by atoms with Crippen LogP contribution in [0.4, 0.5) is 55.9 Å². The third kappa shape index (κ3) is 8.16. The Bertz CT molecular complexity index is 1660. The fraction of sp³-hybridized carbons (Fsp3) is 0.438. The number of anilines is 2. The van der Waals surface area contributed by atoms with Crippen LogP contribution < -0.4 is 15.0 Å². The third-order valence-electron chi connectivity index (χ3n) is 8.18. The van der Waals surface area contributed by atoms with Crippen molar-refractivity contribution in [3.8, 4) is 5.75 Å². The lowest BCUT2D eigenvalue weighted by Crippen LogP contribution is -2.58. The first-order chi connectivity index (χ1) is 23.2. The van der Waals surface area contributed by atoms with Crippen molar-refractivity contribution in [3.63, 3.8) is 0 Å². The van der Waals surface area contributed by atoms with E-state index in [-0.39, 0.29) is 42.9 Å². The van der Waals surface area contributed by atoms with Gasteiger partial charge in [0.1, 0.15) is 0 Å². The molecule has 1 aliphatic heterocycles. The van der Waals surface area contributed by atoms with Crippen LogP contribution >= 0.6 is 0 Å². The number of carbonyl (C=O) groups excluding carboxylic acids is 1. The summed E-state index contributed by atoms with van der Waals surface area (Å²) in [5, 5.41) is 12.0. The SMILES string of the molecule is CCOC(=O)N1c2cccc(C(F)(F)F)c2[C@@H](Nc2ncc(OC(CC)C(=O)O)cn2)C[C@@]1(CC)Cc1cc(C(F)(F)F)cc(C(F)(F)F)c1. The van der Waals surface area contributed by atoms with Crippen LogP contribution in [0.15, 0.2) is 48.8 Å². The molecular weight excluding hydrogens is 691 g/mol. The van der Waals surface area contributed by atoms with Crippen LogP contribution in [0.5, 0.6) is 5.75 Å². The molecule has 0 bridgehead atoms. The molecular formula is C32H31F9N4O5. The molecule has 4 rings (SSSR count). The summed E-state index contributed by atoms with van der Waals surface area (Å²) < 4.78 is 137. The molecule has 2 heterocycles. The number of benzene rings is 2. The van der Waals surface area contributed by atoms with E-state index in [1.165, 1.54) is 19.9 Å². The summed E-state index contributed by atoms with van der Waals surface area (Å²) in [6.07, 6.45) is -16.9. The van der Waals surface area contributed by atoms with E-state index in [2.05, 4.69) is 15.3 Å². The van der Waals surface area contributed by atoms with Gasteiger partial charge in [0.05, 0.1) is 53.0 Å². The van der Waals surface area contributed by atoms with Crippen LogP contribution in [-0.2, 0) is 34.5 Å². The van der Waals surface area contributed by atoms with Crippen molar-refractivity contribution in [1.82, 2.24) is 9.97 Å². The van der Waals surface area contributed by atoms with Crippen molar-refractivity contribution in [2.24, 2.45) is 0 Å². The Morgan fingerprint density at radius 1 is 0.960 bits per heavy atom. The Labute approximate surface area is 279 Å². The van der Waals surface area contributed by atoms with E-state index >= 15 is 0 Å². The molecule has 1 aliphatic rings. The summed E-state index contributed by atoms with van der Waals surface area (Å²) in [7, 11) is 0. The van der Waals surface area contributed by atoms with Gasteiger partial charge in [-0.3, -0.25) is 4.90 Å². The maximum Gasteiger partial charge on any atom is 0.416 e. The molecule has 18 heteroatoms. The highest BCUT2D eigenvalue weighted by atomic mass is 19.4. The van der Waals surface area contributed by atoms with Crippen LogP contribution in [0.2, 0.25) is 0 Å². The fourth-order valence-corrected chi connectivity index (χ4v) is 5.95. The summed E-state index contributed by atoms with van der Waals surface area (Å²) in [6, 6.07) is 2.47. The molecule has 2 aromatic carbocycles. The number of ether oxygens (including phenoxy) is 2. The number of halogens is 9. The maximum atomic E-state index is 14.5. The van der Waals surface area contributed by atoms with Gasteiger partial charge in [-0.15, -0.1) is 0 Å². The average molecular weight is 723 g/mol. The maximum absolute atomic E-state index is 14.5. The molecule has 3 atom stereocenters. The predicted molar refractivity (Wildman–Crippen MR) is 159 cm³/mol. The van der Waals surface area contributed by atoms with Crippen molar-refractivity contribution < 1.29 is 63.7 Å². The molecule has 0 aliphatic carbocycles. The normalized spacial score (nSPS) is 18.6. The first-order valence-corrected chi connectivity index (χ1v) is 15.2. The molecule has 1 aromatic heterocycles. The lowest BCUT2D eigenvalue weighted by atomic mass is 9.74. The number of hydrogen-bond donors (Lipinski definition) is 2. The second kappa shape index (κ2) is 14.2. The Morgan fingerprint density at radius 2 is 1.56 bits per heavy atom. The standard InChI is InChI=1S/C32H31F9N4O5/c1-4-24(26(46)47)50-20-15-42-27(43-16-20)44-22-14-29(5-2,13-17-10-18(30(33,34)35)12-19(11-17)31(36,37)38)45(28(48)49-6-3)23-9-7-8-21(25(22)23)32(39,40)41/h7-12,15-16,22,24H,4-6,13-14H2,1-3H3,(H,46,47)(H,42,43,44)/t22-,24?,29+/m0/s1. The van der Waals surface area contributed by atoms with Gasteiger partial charge in [-0.05, 0) is 68.5 Å². The summed E-state index contributed by atoms with van der Waals surface area (Å²) in [5.41, 5.74) is -7.46. The van der Waals surface area contributed by atoms with E-state index in [9.17, 15) is 54.2 Å². The quantitative estimate of drug-likeness (QED) is 0.200. The number of amides is 1. The van der Waals surface area contributed by atoms with Gasteiger partial charge in [-0.25, -0.2) is 19.6 Å². The number of rotatable bonds is 10. The molecule has 3 aromatic rings. The Morgan fingerprint density at radius 3 is 2.04 bits per heavy atom. The van der Waals surface area contributed by atoms with Gasteiger partial charge in [0, 0.05) is 5.56 Å². The topological polar surface area (TPSA) is 114 Å². The van der Waals surface area contributed by atoms with Crippen LogP contribution in [-0.4, -0.2) is 45.4 Å². The van der Waals surface area contributed by atoms with Gasteiger partial charge >= 0.3 is 30.6 Å². The minimum absolute atomic E-state index is 0.0503. The predicted octanol–water partition coefficient (Wildman–Crippen LogP) is 8.69. The highest BCUT2D eigenvalue weighted by Crippen LogP contribution is 2.51. The number of hydrogen-bond acceptors (Lipinski definition) is 7. The minimum Gasteiger partial charge on any atom is -0.479 e. The molecule has 9 nitrogen and oxygen atoms in total. The number of carboxylic acid groups (broad SMARTS) is 1. The zero-order chi connectivity index (χ0) is 37.2. The van der Waals surface area contributed by atoms with Crippen LogP contribution in [0.3, 0.4) is 0 Å². The fourth-order valence-electron chi connectivity index (χ4n) is 5.95. The number of fused-ring (bicyclic) bond motifs is 1. The number of aromatic nitrogens is 2. The van der Waals surface area contributed by atoms with Crippen LogP contribution in [0, 0.1) is 0 Å². The van der Waals surface area contributed by atoms with E-state index in [1.54, 1.807) is 6.92 Å². The number of carboxylic acids is 1. The van der Waals surface area contributed by atoms with Crippen molar-refractivity contribution in [2.75, 3.05) is 16.8 Å². The largest absolute Gasteiger partial charge is 0.479 e. The number of alkyl halides is 9. The van der Waals surface area contributed by atoms with E-state index in [1.807, 2.05) is 0 Å². The number of aliphatic carboxylic acids is 1. The monoisotopic (exact) mass is 722 g/mol. The smallest absolute Gasteiger partial charge is 0.416 e. The lowest BCUT2D eigenvalue weighted by Gasteiger charge is -2.50. The van der Waals surface area contributed by atoms with Gasteiger partial charge in [0.15, 0.2) is 11.9 Å². The Balaban J connectivity index is 1.91. The molecule has 1 unspecified atom stereocenters. The molecule has 2 N–H and O–H groups in total. The zero-order valence-corrected chi connectivity index (χ0v) is 26.6. The van der Waals surface area contributed by atoms with Gasteiger partial charge in [0.2, 0.25) is 5.95 Å². The summed E-state index contributed by atoms with van der Waals surface area (Å²) in [6.45, 7) is 4.20. The van der Waals surface area contributed by atoms with Gasteiger partial charge < -0.3 is 19.9 Å². The van der Waals surface area contributed by atoms with Crippen molar-refractivity contribution in [1.29, 1.82) is 0 Å². The van der Waals surface area contributed by atoms with Crippen LogP contribution in [0.25, 0.3) is 0 Å². The van der Waals surface area contributed by atoms with Crippen molar-refractivity contribution in [3.05, 3.63) is 76.6 Å². The van der Waals surface area contributed by atoms with Gasteiger partial charge in [-0.2, -0.15) is 39.5 Å². The third-order valence-corrected chi connectivity index (χ3v) is 8.18. The first-order valence-electron chi connectivity index (χ1n) is 15.2. The average Bonchev–Trinajstić information content (AvgIpc) is 3.02. The molecule has 0 fully saturated rings.